The van der Waals surface area contributed by atoms with Crippen molar-refractivity contribution in [2.24, 2.45) is 10.8 Å². The van der Waals surface area contributed by atoms with Gasteiger partial charge in [0.1, 0.15) is 5.41 Å². The Bertz CT molecular complexity index is 674. The Kier molecular flexibility index (Phi) is 6.56. The molecule has 2 heterocycles. The number of hydrogen-bond acceptors (Lipinski definition) is 5. The van der Waals surface area contributed by atoms with Crippen molar-refractivity contribution in [3.63, 3.8) is 0 Å². The molecule has 1 amide bonds. The van der Waals surface area contributed by atoms with E-state index >= 15 is 0 Å². The van der Waals surface area contributed by atoms with E-state index in [2.05, 4.69) is 0 Å². The molecule has 1 aromatic carbocycles. The summed E-state index contributed by atoms with van der Waals surface area (Å²) in [6.07, 6.45) is -0.606. The molecular formula is C19H25NO7. The number of nitrogens with zero attached hydrogens (tertiary/aromatic N) is 1. The Labute approximate surface area is 157 Å². The van der Waals surface area contributed by atoms with Crippen LogP contribution in [0.5, 0.6) is 0 Å². The summed E-state index contributed by atoms with van der Waals surface area (Å²) in [6.45, 7) is 2.74. The van der Waals surface area contributed by atoms with Gasteiger partial charge in [-0.1, -0.05) is 30.3 Å². The number of aliphatic carboxylic acids is 1. The molecule has 2 aliphatic rings. The van der Waals surface area contributed by atoms with Crippen LogP contribution in [0, 0.1) is 10.8 Å². The highest BCUT2D eigenvalue weighted by Gasteiger charge is 2.52. The van der Waals surface area contributed by atoms with Gasteiger partial charge in [0.15, 0.2) is 0 Å². The van der Waals surface area contributed by atoms with E-state index in [-0.39, 0.29) is 31.8 Å². The van der Waals surface area contributed by atoms with Crippen LogP contribution >= 0.6 is 0 Å². The predicted octanol–water partition coefficient (Wildman–Crippen LogP) is 0.631. The molecule has 0 unspecified atom stereocenters. The Morgan fingerprint density at radius 3 is 2.33 bits per heavy atom. The quantitative estimate of drug-likeness (QED) is 0.655. The standard InChI is InChI=1S/C18H23NO5.CH2O2/c1-17(11-24-12-17)15(21)19-8-7-18(16(22)23,14(20)10-19)9-13-5-3-2-4-6-13;2-1-3/h2-6,14,20H,7-12H2,1H3,(H,22,23);1H,(H,2,3)/t14-,18-;/m1./s1. The third-order valence-electron chi connectivity index (χ3n) is 5.29. The minimum Gasteiger partial charge on any atom is -0.483 e. The molecule has 2 aliphatic heterocycles. The van der Waals surface area contributed by atoms with Gasteiger partial charge in [-0.3, -0.25) is 14.4 Å². The summed E-state index contributed by atoms with van der Waals surface area (Å²) in [5.41, 5.74) is -0.921. The molecule has 148 valence electrons. The Hall–Kier alpha value is -2.45. The molecular weight excluding hydrogens is 354 g/mol. The van der Waals surface area contributed by atoms with Crippen LogP contribution in [-0.2, 0) is 25.5 Å². The summed E-state index contributed by atoms with van der Waals surface area (Å²) in [4.78, 5) is 34.5. The number of aliphatic hydroxyl groups is 1. The van der Waals surface area contributed by atoms with Gasteiger partial charge in [-0.2, -0.15) is 0 Å². The Balaban J connectivity index is 0.000000817. The average Bonchev–Trinajstić information content (AvgIpc) is 2.62. The number of hydrogen-bond donors (Lipinski definition) is 3. The Morgan fingerprint density at radius 2 is 1.89 bits per heavy atom. The van der Waals surface area contributed by atoms with Crippen molar-refractivity contribution in [1.82, 2.24) is 4.90 Å². The van der Waals surface area contributed by atoms with Gasteiger partial charge in [0, 0.05) is 13.1 Å². The van der Waals surface area contributed by atoms with Crippen molar-refractivity contribution < 1.29 is 34.4 Å². The normalized spacial score (nSPS) is 26.1. The highest BCUT2D eigenvalue weighted by molar-refractivity contribution is 5.84. The van der Waals surface area contributed by atoms with Crippen LogP contribution in [0.25, 0.3) is 0 Å². The van der Waals surface area contributed by atoms with E-state index in [9.17, 15) is 19.8 Å². The lowest BCUT2D eigenvalue weighted by Gasteiger charge is -2.47. The molecule has 2 atom stereocenters. The Morgan fingerprint density at radius 1 is 1.30 bits per heavy atom. The molecule has 2 fully saturated rings. The molecule has 0 aliphatic carbocycles. The SMILES string of the molecule is CC1(C(=O)N2CC[C@](Cc3ccccc3)(C(=O)O)[C@H](O)C2)COC1.O=CO. The summed E-state index contributed by atoms with van der Waals surface area (Å²) in [5.74, 6) is -1.07. The van der Waals surface area contributed by atoms with Gasteiger partial charge in [-0.05, 0) is 25.3 Å². The van der Waals surface area contributed by atoms with Crippen LogP contribution in [0.1, 0.15) is 18.9 Å². The fourth-order valence-electron chi connectivity index (χ4n) is 3.57. The minimum absolute atomic E-state index is 0.0492. The molecule has 1 aromatic rings. The van der Waals surface area contributed by atoms with Gasteiger partial charge < -0.3 is 25.0 Å². The van der Waals surface area contributed by atoms with Crippen molar-refractivity contribution >= 4 is 18.3 Å². The molecule has 0 spiro atoms. The minimum atomic E-state index is -1.25. The highest BCUT2D eigenvalue weighted by Crippen LogP contribution is 2.38. The van der Waals surface area contributed by atoms with Gasteiger partial charge >= 0.3 is 5.97 Å². The van der Waals surface area contributed by atoms with Crippen LogP contribution in [-0.4, -0.2) is 71.0 Å². The van der Waals surface area contributed by atoms with E-state index in [0.717, 1.165) is 5.56 Å². The maximum absolute atomic E-state index is 12.6. The number of aliphatic hydroxyl groups excluding tert-OH is 1. The van der Waals surface area contributed by atoms with Crippen LogP contribution in [0.4, 0.5) is 0 Å². The van der Waals surface area contributed by atoms with Crippen molar-refractivity contribution in [1.29, 1.82) is 0 Å². The molecule has 0 saturated carbocycles. The van der Waals surface area contributed by atoms with E-state index in [1.807, 2.05) is 37.3 Å². The molecule has 3 N–H and O–H groups in total. The summed E-state index contributed by atoms with van der Waals surface area (Å²) < 4.78 is 5.13. The first-order valence-corrected chi connectivity index (χ1v) is 8.69. The second-order valence-corrected chi connectivity index (χ2v) is 7.30. The first-order chi connectivity index (χ1) is 12.8. The van der Waals surface area contributed by atoms with E-state index in [1.165, 1.54) is 0 Å². The monoisotopic (exact) mass is 379 g/mol. The first-order valence-electron chi connectivity index (χ1n) is 8.69. The van der Waals surface area contributed by atoms with E-state index < -0.39 is 22.9 Å². The van der Waals surface area contributed by atoms with Gasteiger partial charge in [-0.15, -0.1) is 0 Å². The fourth-order valence-corrected chi connectivity index (χ4v) is 3.57. The van der Waals surface area contributed by atoms with Crippen molar-refractivity contribution in [3.8, 4) is 0 Å². The van der Waals surface area contributed by atoms with E-state index in [1.54, 1.807) is 4.90 Å². The topological polar surface area (TPSA) is 124 Å². The lowest BCUT2D eigenvalue weighted by molar-refractivity contribution is -0.180. The van der Waals surface area contributed by atoms with Crippen LogP contribution in [0.3, 0.4) is 0 Å². The molecule has 2 saturated heterocycles. The summed E-state index contributed by atoms with van der Waals surface area (Å²) in [5, 5.41) is 27.3. The van der Waals surface area contributed by atoms with Gasteiger partial charge in [0.2, 0.25) is 5.91 Å². The molecule has 3 rings (SSSR count). The maximum Gasteiger partial charge on any atom is 0.312 e. The zero-order valence-electron chi connectivity index (χ0n) is 15.2. The first kappa shape index (κ1) is 20.9. The largest absolute Gasteiger partial charge is 0.483 e. The van der Waals surface area contributed by atoms with Crippen molar-refractivity contribution in [2.75, 3.05) is 26.3 Å². The average molecular weight is 379 g/mol. The number of benzene rings is 1. The number of piperidine rings is 1. The second-order valence-electron chi connectivity index (χ2n) is 7.30. The number of ether oxygens (including phenoxy) is 1. The summed E-state index contributed by atoms with van der Waals surface area (Å²) >= 11 is 0. The number of carboxylic acids is 1. The number of carbonyl (C=O) groups is 3. The number of likely N-dealkylation sites (tertiary alicyclic amines) is 1. The maximum atomic E-state index is 12.6. The number of carboxylic acid groups (broad SMARTS) is 2. The smallest absolute Gasteiger partial charge is 0.312 e. The number of carbonyl (C=O) groups excluding carboxylic acids is 1. The number of amides is 1. The van der Waals surface area contributed by atoms with Crippen LogP contribution in [0.2, 0.25) is 0 Å². The predicted molar refractivity (Wildman–Crippen MR) is 95.0 cm³/mol. The van der Waals surface area contributed by atoms with Crippen LogP contribution in [0.15, 0.2) is 30.3 Å². The van der Waals surface area contributed by atoms with Crippen LogP contribution < -0.4 is 0 Å². The fraction of sp³-hybridized carbons (Fsp3) is 0.526. The van der Waals surface area contributed by atoms with Gasteiger partial charge in [-0.25, -0.2) is 0 Å². The zero-order valence-corrected chi connectivity index (χ0v) is 15.2. The number of β-amino-alcohol motifs (C(OH)–C–C–N with tert-alkyl or cyclic N) is 1. The van der Waals surface area contributed by atoms with Gasteiger partial charge in [0.05, 0.1) is 24.7 Å². The zero-order chi connectivity index (χ0) is 20.1. The molecule has 8 nitrogen and oxygen atoms in total. The third kappa shape index (κ3) is 4.28. The van der Waals surface area contributed by atoms with Crippen molar-refractivity contribution in [3.05, 3.63) is 35.9 Å². The summed E-state index contributed by atoms with van der Waals surface area (Å²) in [6, 6.07) is 9.31. The lowest BCUT2D eigenvalue weighted by Crippen LogP contribution is -2.61. The van der Waals surface area contributed by atoms with E-state index in [0.29, 0.717) is 19.8 Å². The molecule has 8 heteroatoms. The molecule has 0 bridgehead atoms. The second kappa shape index (κ2) is 8.49. The lowest BCUT2D eigenvalue weighted by atomic mass is 9.71. The third-order valence-corrected chi connectivity index (χ3v) is 5.29. The molecule has 27 heavy (non-hydrogen) atoms. The highest BCUT2D eigenvalue weighted by atomic mass is 16.5. The summed E-state index contributed by atoms with van der Waals surface area (Å²) in [7, 11) is 0. The number of rotatable bonds is 4. The molecule has 0 radical (unpaired) electrons. The van der Waals surface area contributed by atoms with Gasteiger partial charge in [0.25, 0.3) is 6.47 Å². The molecule has 0 aromatic heterocycles. The van der Waals surface area contributed by atoms with E-state index in [4.69, 9.17) is 14.6 Å². The van der Waals surface area contributed by atoms with Crippen molar-refractivity contribution in [2.45, 2.75) is 25.9 Å².